The van der Waals surface area contributed by atoms with Gasteiger partial charge in [0, 0.05) is 12.8 Å². The molecule has 7 heteroatoms. The maximum absolute atomic E-state index is 12.2. The van der Waals surface area contributed by atoms with Crippen LogP contribution in [-0.2, 0) is 11.2 Å². The fourth-order valence-electron chi connectivity index (χ4n) is 2.85. The number of amides is 1. The van der Waals surface area contributed by atoms with Crippen molar-refractivity contribution >= 4 is 40.0 Å². The molecule has 0 spiro atoms. The Morgan fingerprint density at radius 1 is 1.19 bits per heavy atom. The number of halogens is 2. The van der Waals surface area contributed by atoms with Crippen molar-refractivity contribution in [3.8, 4) is 0 Å². The van der Waals surface area contributed by atoms with E-state index in [-0.39, 0.29) is 17.5 Å². The monoisotopic (exact) mass is 403 g/mol. The highest BCUT2D eigenvalue weighted by molar-refractivity contribution is 6.42. The Hall–Kier alpha value is -2.37. The lowest BCUT2D eigenvalue weighted by atomic mass is 10.1. The van der Waals surface area contributed by atoms with Crippen molar-refractivity contribution in [2.75, 3.05) is 0 Å². The van der Waals surface area contributed by atoms with E-state index >= 15 is 0 Å². The van der Waals surface area contributed by atoms with Gasteiger partial charge in [0.05, 0.1) is 27.0 Å². The Kier molecular flexibility index (Phi) is 6.14. The van der Waals surface area contributed by atoms with Gasteiger partial charge in [-0.2, -0.15) is 0 Å². The lowest BCUT2D eigenvalue weighted by molar-refractivity contribution is -0.121. The summed E-state index contributed by atoms with van der Waals surface area (Å²) in [5, 5.41) is 4.44. The van der Waals surface area contributed by atoms with E-state index in [4.69, 9.17) is 23.2 Å². The van der Waals surface area contributed by atoms with Gasteiger partial charge >= 0.3 is 0 Å². The molecule has 0 aliphatic carbocycles. The number of fused-ring (bicyclic) bond motifs is 1. The van der Waals surface area contributed by atoms with Crippen molar-refractivity contribution in [1.82, 2.24) is 15.3 Å². The molecule has 0 fully saturated rings. The molecule has 1 atom stereocenters. The van der Waals surface area contributed by atoms with Crippen LogP contribution in [0.3, 0.4) is 0 Å². The van der Waals surface area contributed by atoms with Gasteiger partial charge in [-0.1, -0.05) is 41.4 Å². The number of hydrogen-bond donors (Lipinski definition) is 2. The zero-order valence-electron chi connectivity index (χ0n) is 14.8. The molecule has 0 saturated heterocycles. The van der Waals surface area contributed by atoms with Crippen LogP contribution in [0.25, 0.3) is 10.9 Å². The molecule has 0 aliphatic rings. The van der Waals surface area contributed by atoms with Gasteiger partial charge in [0.2, 0.25) is 5.91 Å². The molecule has 5 nitrogen and oxygen atoms in total. The number of carbonyl (C=O) groups is 1. The summed E-state index contributed by atoms with van der Waals surface area (Å²) in [5.74, 6) is 0.515. The number of nitrogens with zero attached hydrogens (tertiary/aromatic N) is 1. The van der Waals surface area contributed by atoms with Crippen molar-refractivity contribution in [3.05, 3.63) is 74.3 Å². The Morgan fingerprint density at radius 3 is 2.74 bits per heavy atom. The second kappa shape index (κ2) is 8.55. The summed E-state index contributed by atoms with van der Waals surface area (Å²) in [6, 6.07) is 12.3. The summed E-state index contributed by atoms with van der Waals surface area (Å²) >= 11 is 11.9. The van der Waals surface area contributed by atoms with Gasteiger partial charge in [-0.05, 0) is 43.2 Å². The van der Waals surface area contributed by atoms with Crippen LogP contribution in [0.2, 0.25) is 10.0 Å². The summed E-state index contributed by atoms with van der Waals surface area (Å²) in [5.41, 5.74) is 1.39. The minimum absolute atomic E-state index is 0.0725. The van der Waals surface area contributed by atoms with Gasteiger partial charge in [-0.3, -0.25) is 9.59 Å². The van der Waals surface area contributed by atoms with Crippen LogP contribution in [0, 0.1) is 0 Å². The van der Waals surface area contributed by atoms with Crippen molar-refractivity contribution < 1.29 is 4.79 Å². The third kappa shape index (κ3) is 4.87. The van der Waals surface area contributed by atoms with Gasteiger partial charge in [-0.25, -0.2) is 4.98 Å². The Bertz CT molecular complexity index is 1030. The molecule has 1 aromatic heterocycles. The van der Waals surface area contributed by atoms with Gasteiger partial charge < -0.3 is 10.3 Å². The average molecular weight is 404 g/mol. The number of aromatic nitrogens is 2. The standard InChI is InChI=1S/C20H19Cl2N3O2/c1-12(13-9-10-15(21)16(22)11-13)23-19(26)8-4-7-18-24-17-6-3-2-5-14(17)20(27)25-18/h2-3,5-6,9-12H,4,7-8H2,1H3,(H,23,26)(H,24,25,27)/t12-/m0/s1. The highest BCUT2D eigenvalue weighted by atomic mass is 35.5. The molecule has 1 amide bonds. The molecule has 0 bridgehead atoms. The van der Waals surface area contributed by atoms with Crippen molar-refractivity contribution in [2.24, 2.45) is 0 Å². The summed E-state index contributed by atoms with van der Waals surface area (Å²) in [7, 11) is 0. The minimum atomic E-state index is -0.175. The Labute approximate surface area is 166 Å². The number of benzene rings is 2. The fraction of sp³-hybridized carbons (Fsp3) is 0.250. The van der Waals surface area contributed by atoms with E-state index in [2.05, 4.69) is 15.3 Å². The fourth-order valence-corrected chi connectivity index (χ4v) is 3.15. The first-order valence-corrected chi connectivity index (χ1v) is 9.42. The third-order valence-electron chi connectivity index (χ3n) is 4.30. The van der Waals surface area contributed by atoms with Crippen LogP contribution in [0.5, 0.6) is 0 Å². The zero-order chi connectivity index (χ0) is 19.4. The predicted molar refractivity (Wildman–Crippen MR) is 108 cm³/mol. The molecule has 3 aromatic rings. The number of nitrogens with one attached hydrogen (secondary N) is 2. The average Bonchev–Trinajstić information content (AvgIpc) is 2.64. The topological polar surface area (TPSA) is 74.8 Å². The van der Waals surface area contributed by atoms with Crippen LogP contribution in [0.1, 0.15) is 37.2 Å². The van der Waals surface area contributed by atoms with Gasteiger partial charge in [0.25, 0.3) is 5.56 Å². The third-order valence-corrected chi connectivity index (χ3v) is 5.04. The van der Waals surface area contributed by atoms with E-state index < -0.39 is 0 Å². The molecule has 0 unspecified atom stereocenters. The molecule has 1 heterocycles. The van der Waals surface area contributed by atoms with Crippen LogP contribution >= 0.6 is 23.2 Å². The Balaban J connectivity index is 1.55. The smallest absolute Gasteiger partial charge is 0.258 e. The predicted octanol–water partition coefficient (Wildman–Crippen LogP) is 4.43. The molecule has 0 aliphatic heterocycles. The van der Waals surface area contributed by atoms with Crippen molar-refractivity contribution in [2.45, 2.75) is 32.2 Å². The molecular weight excluding hydrogens is 385 g/mol. The lowest BCUT2D eigenvalue weighted by Gasteiger charge is -2.15. The number of carbonyl (C=O) groups excluding carboxylic acids is 1. The Morgan fingerprint density at radius 2 is 1.96 bits per heavy atom. The van der Waals surface area contributed by atoms with Gasteiger partial charge in [-0.15, -0.1) is 0 Å². The largest absolute Gasteiger partial charge is 0.350 e. The number of para-hydroxylation sites is 1. The maximum Gasteiger partial charge on any atom is 0.258 e. The molecular formula is C20H19Cl2N3O2. The van der Waals surface area contributed by atoms with Gasteiger partial charge in [0.15, 0.2) is 0 Å². The second-order valence-electron chi connectivity index (χ2n) is 6.35. The molecule has 0 saturated carbocycles. The molecule has 3 rings (SSSR count). The SMILES string of the molecule is C[C@H](NC(=O)CCCc1nc2ccccc2c(=O)[nH]1)c1ccc(Cl)c(Cl)c1. The highest BCUT2D eigenvalue weighted by Crippen LogP contribution is 2.25. The molecule has 2 N–H and O–H groups in total. The second-order valence-corrected chi connectivity index (χ2v) is 7.16. The number of rotatable bonds is 6. The van der Waals surface area contributed by atoms with E-state index in [0.29, 0.717) is 46.0 Å². The zero-order valence-corrected chi connectivity index (χ0v) is 16.3. The van der Waals surface area contributed by atoms with Crippen molar-refractivity contribution in [1.29, 1.82) is 0 Å². The van der Waals surface area contributed by atoms with Crippen LogP contribution in [0.4, 0.5) is 0 Å². The first-order valence-electron chi connectivity index (χ1n) is 8.66. The number of H-pyrrole nitrogens is 1. The summed E-state index contributed by atoms with van der Waals surface area (Å²) in [6.45, 7) is 1.89. The molecule has 2 aromatic carbocycles. The number of hydrogen-bond acceptors (Lipinski definition) is 3. The summed E-state index contributed by atoms with van der Waals surface area (Å²) < 4.78 is 0. The summed E-state index contributed by atoms with van der Waals surface area (Å²) in [6.07, 6.45) is 1.44. The maximum atomic E-state index is 12.2. The van der Waals surface area contributed by atoms with Crippen LogP contribution in [0.15, 0.2) is 47.3 Å². The minimum Gasteiger partial charge on any atom is -0.350 e. The van der Waals surface area contributed by atoms with E-state index in [0.717, 1.165) is 5.56 Å². The van der Waals surface area contributed by atoms with Crippen LogP contribution in [-0.4, -0.2) is 15.9 Å². The number of aryl methyl sites for hydroxylation is 1. The first kappa shape index (κ1) is 19.4. The first-order chi connectivity index (χ1) is 12.9. The van der Waals surface area contributed by atoms with E-state index in [1.54, 1.807) is 30.3 Å². The quantitative estimate of drug-likeness (QED) is 0.638. The molecule has 0 radical (unpaired) electrons. The lowest BCUT2D eigenvalue weighted by Crippen LogP contribution is -2.26. The molecule has 140 valence electrons. The van der Waals surface area contributed by atoms with E-state index in [9.17, 15) is 9.59 Å². The van der Waals surface area contributed by atoms with E-state index in [1.165, 1.54) is 0 Å². The highest BCUT2D eigenvalue weighted by Gasteiger charge is 2.11. The van der Waals surface area contributed by atoms with Crippen molar-refractivity contribution in [3.63, 3.8) is 0 Å². The van der Waals surface area contributed by atoms with Gasteiger partial charge in [0.1, 0.15) is 5.82 Å². The molecule has 27 heavy (non-hydrogen) atoms. The summed E-state index contributed by atoms with van der Waals surface area (Å²) in [4.78, 5) is 31.5. The normalized spacial score (nSPS) is 12.1. The van der Waals surface area contributed by atoms with Crippen LogP contribution < -0.4 is 10.9 Å². The van der Waals surface area contributed by atoms with E-state index in [1.807, 2.05) is 19.1 Å². The number of aromatic amines is 1.